The Morgan fingerprint density at radius 3 is 2.45 bits per heavy atom. The molecule has 1 aliphatic carbocycles. The Hall–Kier alpha value is -0.220. The molecule has 1 heterocycles. The van der Waals surface area contributed by atoms with Crippen molar-refractivity contribution in [1.82, 2.24) is 10.2 Å². The quantitative estimate of drug-likeness (QED) is 0.845. The fraction of sp³-hybridized carbons (Fsp3) is 0.938. The summed E-state index contributed by atoms with van der Waals surface area (Å²) < 4.78 is 0. The Morgan fingerprint density at radius 2 is 1.95 bits per heavy atom. The topological polar surface area (TPSA) is 32.3 Å². The van der Waals surface area contributed by atoms with Crippen molar-refractivity contribution in [3.05, 3.63) is 0 Å². The first-order valence-electron chi connectivity index (χ1n) is 8.17. The number of nitrogens with one attached hydrogen (secondary N) is 1. The van der Waals surface area contributed by atoms with Crippen LogP contribution in [0.25, 0.3) is 0 Å². The SMILES string of the molecule is CCC1NC(CC(C)C)C(=O)N1C1CCC(SC)CC1. The normalized spacial score (nSPS) is 35.0. The second-order valence-corrected chi connectivity index (χ2v) is 7.82. The third-order valence-electron chi connectivity index (χ3n) is 4.75. The van der Waals surface area contributed by atoms with Gasteiger partial charge in [-0.3, -0.25) is 10.1 Å². The average molecular weight is 298 g/mol. The molecule has 0 aromatic rings. The Bertz CT molecular complexity index is 326. The van der Waals surface area contributed by atoms with Crippen molar-refractivity contribution >= 4 is 17.7 Å². The van der Waals surface area contributed by atoms with Gasteiger partial charge in [-0.05, 0) is 50.7 Å². The average Bonchev–Trinajstić information content (AvgIpc) is 2.75. The van der Waals surface area contributed by atoms with Crippen LogP contribution in [0.2, 0.25) is 0 Å². The molecule has 0 aromatic carbocycles. The molecular weight excluding hydrogens is 268 g/mol. The summed E-state index contributed by atoms with van der Waals surface area (Å²) in [5, 5.41) is 4.37. The second-order valence-electron chi connectivity index (χ2n) is 6.68. The summed E-state index contributed by atoms with van der Waals surface area (Å²) >= 11 is 1.99. The molecule has 1 N–H and O–H groups in total. The van der Waals surface area contributed by atoms with Gasteiger partial charge in [0.2, 0.25) is 5.91 Å². The lowest BCUT2D eigenvalue weighted by Gasteiger charge is -2.37. The van der Waals surface area contributed by atoms with Crippen molar-refractivity contribution < 1.29 is 4.79 Å². The number of amides is 1. The molecule has 1 saturated heterocycles. The molecule has 0 spiro atoms. The summed E-state index contributed by atoms with van der Waals surface area (Å²) in [7, 11) is 0. The van der Waals surface area contributed by atoms with Gasteiger partial charge in [0.15, 0.2) is 0 Å². The maximum atomic E-state index is 12.7. The molecule has 3 nitrogen and oxygen atoms in total. The van der Waals surface area contributed by atoms with Crippen LogP contribution < -0.4 is 5.32 Å². The van der Waals surface area contributed by atoms with Gasteiger partial charge >= 0.3 is 0 Å². The molecule has 116 valence electrons. The minimum absolute atomic E-state index is 0.0539. The van der Waals surface area contributed by atoms with E-state index in [0.717, 1.165) is 18.1 Å². The van der Waals surface area contributed by atoms with E-state index in [1.165, 1.54) is 25.7 Å². The summed E-state index contributed by atoms with van der Waals surface area (Å²) in [5.74, 6) is 0.930. The van der Waals surface area contributed by atoms with Crippen LogP contribution in [0, 0.1) is 5.92 Å². The largest absolute Gasteiger partial charge is 0.323 e. The lowest BCUT2D eigenvalue weighted by atomic mass is 9.93. The lowest BCUT2D eigenvalue weighted by Crippen LogP contribution is -2.46. The van der Waals surface area contributed by atoms with E-state index < -0.39 is 0 Å². The molecule has 0 bridgehead atoms. The fourth-order valence-corrected chi connectivity index (χ4v) is 4.41. The lowest BCUT2D eigenvalue weighted by molar-refractivity contribution is -0.133. The highest BCUT2D eigenvalue weighted by atomic mass is 32.2. The monoisotopic (exact) mass is 298 g/mol. The molecule has 2 rings (SSSR count). The van der Waals surface area contributed by atoms with Crippen molar-refractivity contribution in [1.29, 1.82) is 0 Å². The zero-order chi connectivity index (χ0) is 14.7. The highest BCUT2D eigenvalue weighted by Gasteiger charge is 2.42. The van der Waals surface area contributed by atoms with E-state index in [9.17, 15) is 4.79 Å². The van der Waals surface area contributed by atoms with Crippen LogP contribution in [-0.2, 0) is 4.79 Å². The van der Waals surface area contributed by atoms with Crippen LogP contribution in [0.5, 0.6) is 0 Å². The molecular formula is C16H30N2OS. The molecule has 2 atom stereocenters. The van der Waals surface area contributed by atoms with E-state index in [1.807, 2.05) is 11.8 Å². The Morgan fingerprint density at radius 1 is 1.30 bits per heavy atom. The van der Waals surface area contributed by atoms with Crippen LogP contribution in [-0.4, -0.2) is 40.6 Å². The van der Waals surface area contributed by atoms with E-state index >= 15 is 0 Å². The smallest absolute Gasteiger partial charge is 0.241 e. The molecule has 2 unspecified atom stereocenters. The molecule has 4 heteroatoms. The first-order chi connectivity index (χ1) is 9.56. The summed E-state index contributed by atoms with van der Waals surface area (Å²) in [5.41, 5.74) is 0. The second kappa shape index (κ2) is 7.17. The summed E-state index contributed by atoms with van der Waals surface area (Å²) in [6.07, 6.45) is 9.35. The van der Waals surface area contributed by atoms with Crippen molar-refractivity contribution in [2.75, 3.05) is 6.26 Å². The Balaban J connectivity index is 2.00. The van der Waals surface area contributed by atoms with E-state index in [4.69, 9.17) is 0 Å². The van der Waals surface area contributed by atoms with Gasteiger partial charge in [0.25, 0.3) is 0 Å². The molecule has 2 aliphatic rings. The van der Waals surface area contributed by atoms with Gasteiger partial charge in [0.1, 0.15) is 0 Å². The van der Waals surface area contributed by atoms with Crippen LogP contribution >= 0.6 is 11.8 Å². The van der Waals surface area contributed by atoms with Gasteiger partial charge in [0, 0.05) is 11.3 Å². The van der Waals surface area contributed by atoms with E-state index in [2.05, 4.69) is 37.2 Å². The van der Waals surface area contributed by atoms with E-state index in [1.54, 1.807) is 0 Å². The molecule has 0 aromatic heterocycles. The predicted octanol–water partition coefficient (Wildman–Crippen LogP) is 3.24. The zero-order valence-electron chi connectivity index (χ0n) is 13.4. The number of hydrogen-bond donors (Lipinski definition) is 1. The first-order valence-corrected chi connectivity index (χ1v) is 9.46. The Labute approximate surface area is 128 Å². The van der Waals surface area contributed by atoms with Crippen LogP contribution in [0.4, 0.5) is 0 Å². The number of rotatable bonds is 5. The molecule has 20 heavy (non-hydrogen) atoms. The number of thioether (sulfide) groups is 1. The van der Waals surface area contributed by atoms with Crippen molar-refractivity contribution in [3.8, 4) is 0 Å². The minimum atomic E-state index is 0.0539. The van der Waals surface area contributed by atoms with Crippen LogP contribution in [0.1, 0.15) is 59.3 Å². The Kier molecular flexibility index (Phi) is 5.79. The van der Waals surface area contributed by atoms with Gasteiger partial charge in [-0.25, -0.2) is 0 Å². The van der Waals surface area contributed by atoms with Gasteiger partial charge < -0.3 is 4.90 Å². The van der Waals surface area contributed by atoms with Crippen molar-refractivity contribution in [2.24, 2.45) is 5.92 Å². The zero-order valence-corrected chi connectivity index (χ0v) is 14.2. The standard InChI is InChI=1S/C16H30N2OS/c1-5-15-17-14(10-11(2)3)16(19)18(15)12-6-8-13(20-4)9-7-12/h11-15,17H,5-10H2,1-4H3. The van der Waals surface area contributed by atoms with Crippen LogP contribution in [0.3, 0.4) is 0 Å². The van der Waals surface area contributed by atoms with E-state index in [-0.39, 0.29) is 12.2 Å². The number of carbonyl (C=O) groups is 1. The third kappa shape index (κ3) is 3.51. The predicted molar refractivity (Wildman–Crippen MR) is 86.9 cm³/mol. The van der Waals surface area contributed by atoms with Gasteiger partial charge in [0.05, 0.1) is 12.2 Å². The van der Waals surface area contributed by atoms with Gasteiger partial charge in [-0.2, -0.15) is 11.8 Å². The number of hydrogen-bond acceptors (Lipinski definition) is 3. The third-order valence-corrected chi connectivity index (χ3v) is 5.88. The van der Waals surface area contributed by atoms with Gasteiger partial charge in [-0.1, -0.05) is 20.8 Å². The highest BCUT2D eigenvalue weighted by molar-refractivity contribution is 7.99. The van der Waals surface area contributed by atoms with Crippen molar-refractivity contribution in [3.63, 3.8) is 0 Å². The number of nitrogens with zero attached hydrogens (tertiary/aromatic N) is 1. The van der Waals surface area contributed by atoms with E-state index in [0.29, 0.717) is 17.9 Å². The maximum Gasteiger partial charge on any atom is 0.241 e. The summed E-state index contributed by atoms with van der Waals surface area (Å²) in [6, 6.07) is 0.527. The molecule has 1 saturated carbocycles. The molecule has 0 radical (unpaired) electrons. The summed E-state index contributed by atoms with van der Waals surface area (Å²) in [4.78, 5) is 14.9. The molecule has 2 fully saturated rings. The molecule has 1 amide bonds. The fourth-order valence-electron chi connectivity index (χ4n) is 3.67. The summed E-state index contributed by atoms with van der Waals surface area (Å²) in [6.45, 7) is 6.58. The van der Waals surface area contributed by atoms with Gasteiger partial charge in [-0.15, -0.1) is 0 Å². The van der Waals surface area contributed by atoms with Crippen molar-refractivity contribution in [2.45, 2.75) is 82.8 Å². The van der Waals surface area contributed by atoms with Crippen LogP contribution in [0.15, 0.2) is 0 Å². The maximum absolute atomic E-state index is 12.7. The first kappa shape index (κ1) is 16.2. The number of carbonyl (C=O) groups excluding carboxylic acids is 1. The molecule has 1 aliphatic heterocycles. The minimum Gasteiger partial charge on any atom is -0.323 e. The highest BCUT2D eigenvalue weighted by Crippen LogP contribution is 2.33.